The molecule has 0 saturated heterocycles. The molecule has 0 saturated carbocycles. The summed E-state index contributed by atoms with van der Waals surface area (Å²) in [7, 11) is 0. The number of pyridine rings is 1. The van der Waals surface area contributed by atoms with Crippen LogP contribution in [0.5, 0.6) is 0 Å². The lowest BCUT2D eigenvalue weighted by Crippen LogP contribution is -2.21. The van der Waals surface area contributed by atoms with E-state index in [1.807, 2.05) is 25.1 Å². The Bertz CT molecular complexity index is 548. The van der Waals surface area contributed by atoms with E-state index in [1.54, 1.807) is 10.6 Å². The van der Waals surface area contributed by atoms with E-state index >= 15 is 0 Å². The van der Waals surface area contributed by atoms with E-state index in [1.165, 1.54) is 0 Å². The summed E-state index contributed by atoms with van der Waals surface area (Å²) in [5.41, 5.74) is 2.48. The van der Waals surface area contributed by atoms with Crippen LogP contribution in [0.2, 0.25) is 0 Å². The number of halogens is 1. The lowest BCUT2D eigenvalue weighted by atomic mass is 10.1. The molecule has 0 aromatic carbocycles. The lowest BCUT2D eigenvalue weighted by molar-refractivity contribution is 0.857. The molecule has 0 aliphatic rings. The number of aryl methyl sites for hydroxylation is 1. The molecule has 2 aromatic rings. The van der Waals surface area contributed by atoms with Crippen LogP contribution in [0.1, 0.15) is 24.6 Å². The van der Waals surface area contributed by atoms with Crippen LogP contribution in [0.4, 0.5) is 0 Å². The van der Waals surface area contributed by atoms with Crippen molar-refractivity contribution in [1.82, 2.24) is 9.38 Å². The Morgan fingerprint density at radius 2 is 2.12 bits per heavy atom. The van der Waals surface area contributed by atoms with Gasteiger partial charge in [0.05, 0.1) is 0 Å². The second-order valence-electron chi connectivity index (χ2n) is 3.66. The first kappa shape index (κ1) is 12.9. The van der Waals surface area contributed by atoms with Crippen LogP contribution in [0.3, 0.4) is 0 Å². The van der Waals surface area contributed by atoms with E-state index in [-0.39, 0.29) is 22.5 Å². The summed E-state index contributed by atoms with van der Waals surface area (Å²) in [5.74, 6) is 0. The zero-order valence-electron chi connectivity index (χ0n) is 9.43. The molecule has 0 aliphatic carbocycles. The minimum Gasteiger partial charge on any atom is -0.269 e. The maximum absolute atomic E-state index is 12.1. The Morgan fingerprint density at radius 3 is 2.81 bits per heavy atom. The first-order valence-electron chi connectivity index (χ1n) is 5.21. The number of aromatic nitrogens is 2. The molecule has 2 aromatic heterocycles. The van der Waals surface area contributed by atoms with E-state index in [0.717, 1.165) is 29.7 Å². The molecule has 0 N–H and O–H groups in total. The highest BCUT2D eigenvalue weighted by Crippen LogP contribution is 2.05. The van der Waals surface area contributed by atoms with Crippen molar-refractivity contribution in [2.75, 3.05) is 0 Å². The molecule has 0 radical (unpaired) electrons. The van der Waals surface area contributed by atoms with E-state index < -0.39 is 0 Å². The number of hydrogen-bond donors (Lipinski definition) is 0. The Hall–Kier alpha value is -1.16. The average molecular weight is 283 g/mol. The van der Waals surface area contributed by atoms with Crippen LogP contribution in [-0.2, 0) is 6.42 Å². The highest BCUT2D eigenvalue weighted by molar-refractivity contribution is 8.93. The van der Waals surface area contributed by atoms with Gasteiger partial charge in [0.1, 0.15) is 5.65 Å². The van der Waals surface area contributed by atoms with Crippen molar-refractivity contribution in [3.63, 3.8) is 0 Å². The van der Waals surface area contributed by atoms with Gasteiger partial charge in [0, 0.05) is 17.5 Å². The van der Waals surface area contributed by atoms with Crippen molar-refractivity contribution in [1.29, 1.82) is 0 Å². The minimum atomic E-state index is 0. The summed E-state index contributed by atoms with van der Waals surface area (Å²) in [6, 6.07) is 5.59. The van der Waals surface area contributed by atoms with E-state index in [2.05, 4.69) is 11.9 Å². The second kappa shape index (κ2) is 5.25. The highest BCUT2D eigenvalue weighted by atomic mass is 79.9. The van der Waals surface area contributed by atoms with Crippen molar-refractivity contribution < 1.29 is 0 Å². The zero-order chi connectivity index (χ0) is 10.8. The molecule has 86 valence electrons. The number of rotatable bonds is 2. The van der Waals surface area contributed by atoms with Crippen molar-refractivity contribution in [2.45, 2.75) is 26.7 Å². The van der Waals surface area contributed by atoms with Crippen LogP contribution < -0.4 is 5.56 Å². The second-order valence-corrected chi connectivity index (χ2v) is 3.66. The monoisotopic (exact) mass is 282 g/mol. The first-order valence-corrected chi connectivity index (χ1v) is 5.21. The summed E-state index contributed by atoms with van der Waals surface area (Å²) in [6.07, 6.45) is 3.54. The molecule has 16 heavy (non-hydrogen) atoms. The summed E-state index contributed by atoms with van der Waals surface area (Å²) in [5, 5.41) is 0. The highest BCUT2D eigenvalue weighted by Gasteiger charge is 2.07. The topological polar surface area (TPSA) is 34.4 Å². The summed E-state index contributed by atoms with van der Waals surface area (Å²) in [4.78, 5) is 16.5. The van der Waals surface area contributed by atoms with Gasteiger partial charge in [-0.1, -0.05) is 19.4 Å². The van der Waals surface area contributed by atoms with Crippen molar-refractivity contribution >= 4 is 22.6 Å². The molecular formula is C12H15BrN2O. The molecule has 4 heteroatoms. The Morgan fingerprint density at radius 1 is 1.38 bits per heavy atom. The predicted molar refractivity (Wildman–Crippen MR) is 70.5 cm³/mol. The van der Waals surface area contributed by atoms with Crippen LogP contribution in [-0.4, -0.2) is 9.38 Å². The van der Waals surface area contributed by atoms with Gasteiger partial charge in [0.25, 0.3) is 5.56 Å². The predicted octanol–water partition coefficient (Wildman–Crippen LogP) is 2.53. The summed E-state index contributed by atoms with van der Waals surface area (Å²) < 4.78 is 1.61. The quantitative estimate of drug-likeness (QED) is 0.848. The standard InChI is InChI=1S/C12H14N2O.BrH/c1-3-6-10-9(2)13-11-7-4-5-8-14(11)12(10)15;/h4-5,7-8H,3,6H2,1-2H3;1H. The fraction of sp³-hybridized carbons (Fsp3) is 0.333. The van der Waals surface area contributed by atoms with Crippen LogP contribution in [0.15, 0.2) is 29.2 Å². The lowest BCUT2D eigenvalue weighted by Gasteiger charge is -2.06. The minimum absolute atomic E-state index is 0. The fourth-order valence-electron chi connectivity index (χ4n) is 1.77. The van der Waals surface area contributed by atoms with Crippen molar-refractivity contribution in [3.05, 3.63) is 46.0 Å². The number of nitrogens with zero attached hydrogens (tertiary/aromatic N) is 2. The van der Waals surface area contributed by atoms with Crippen LogP contribution in [0, 0.1) is 6.92 Å². The fourth-order valence-corrected chi connectivity index (χ4v) is 1.77. The number of hydrogen-bond acceptors (Lipinski definition) is 2. The molecule has 0 amide bonds. The van der Waals surface area contributed by atoms with Crippen LogP contribution >= 0.6 is 17.0 Å². The van der Waals surface area contributed by atoms with Crippen molar-refractivity contribution in [3.8, 4) is 0 Å². The SMILES string of the molecule is Br.CCCc1c(C)nc2ccccn2c1=O. The van der Waals surface area contributed by atoms with Gasteiger partial charge in [-0.25, -0.2) is 4.98 Å². The Balaban J connectivity index is 0.00000128. The van der Waals surface area contributed by atoms with Crippen LogP contribution in [0.25, 0.3) is 5.65 Å². The molecule has 0 atom stereocenters. The molecule has 0 fully saturated rings. The van der Waals surface area contributed by atoms with Gasteiger partial charge >= 0.3 is 0 Å². The maximum Gasteiger partial charge on any atom is 0.261 e. The van der Waals surface area contributed by atoms with Gasteiger partial charge in [0.15, 0.2) is 0 Å². The molecule has 2 rings (SSSR count). The largest absolute Gasteiger partial charge is 0.269 e. The Kier molecular flexibility index (Phi) is 4.24. The maximum atomic E-state index is 12.1. The van der Waals surface area contributed by atoms with Crippen molar-refractivity contribution in [2.24, 2.45) is 0 Å². The van der Waals surface area contributed by atoms with E-state index in [4.69, 9.17) is 0 Å². The average Bonchev–Trinajstić information content (AvgIpc) is 2.24. The third-order valence-electron chi connectivity index (χ3n) is 2.53. The summed E-state index contributed by atoms with van der Waals surface area (Å²) >= 11 is 0. The Labute approximate surface area is 105 Å². The third-order valence-corrected chi connectivity index (χ3v) is 2.53. The molecule has 0 unspecified atom stereocenters. The molecule has 3 nitrogen and oxygen atoms in total. The van der Waals surface area contributed by atoms with Gasteiger partial charge in [-0.15, -0.1) is 17.0 Å². The van der Waals surface area contributed by atoms with Gasteiger partial charge < -0.3 is 0 Å². The van der Waals surface area contributed by atoms with Gasteiger partial charge in [-0.2, -0.15) is 0 Å². The summed E-state index contributed by atoms with van der Waals surface area (Å²) in [6.45, 7) is 3.97. The molecule has 0 bridgehead atoms. The van der Waals surface area contributed by atoms with E-state index in [0.29, 0.717) is 0 Å². The first-order chi connectivity index (χ1) is 7.24. The van der Waals surface area contributed by atoms with Gasteiger partial charge in [-0.05, 0) is 25.5 Å². The van der Waals surface area contributed by atoms with E-state index in [9.17, 15) is 4.79 Å². The molecule has 0 aliphatic heterocycles. The van der Waals surface area contributed by atoms with Gasteiger partial charge in [-0.3, -0.25) is 9.20 Å². The smallest absolute Gasteiger partial charge is 0.261 e. The van der Waals surface area contributed by atoms with Gasteiger partial charge in [0.2, 0.25) is 0 Å². The third kappa shape index (κ3) is 2.16. The molecule has 2 heterocycles. The molecule has 0 spiro atoms. The number of fused-ring (bicyclic) bond motifs is 1. The zero-order valence-corrected chi connectivity index (χ0v) is 11.1. The normalized spacial score (nSPS) is 10.1. The molecular weight excluding hydrogens is 268 g/mol.